The van der Waals surface area contributed by atoms with Gasteiger partial charge >= 0.3 is 22.0 Å². The number of rotatable bonds is 10. The third-order valence-electron chi connectivity index (χ3n) is 4.91. The predicted molar refractivity (Wildman–Crippen MR) is 137 cm³/mol. The van der Waals surface area contributed by atoms with Gasteiger partial charge in [0.15, 0.2) is 5.03 Å². The van der Waals surface area contributed by atoms with E-state index in [-0.39, 0.29) is 18.2 Å². The summed E-state index contributed by atoms with van der Waals surface area (Å²) in [5.74, 6) is -4.16. The first-order valence-corrected chi connectivity index (χ1v) is 14.0. The molecule has 0 fully saturated rings. The molecule has 19 heteroatoms. The number of aryl methyl sites for hydroxylation is 2. The van der Waals surface area contributed by atoms with Crippen molar-refractivity contribution in [2.24, 2.45) is 17.2 Å². The number of esters is 1. The summed E-state index contributed by atoms with van der Waals surface area (Å²) in [5.41, 5.74) is 5.21. The molecule has 40 heavy (non-hydrogen) atoms. The molecule has 0 bridgehead atoms. The van der Waals surface area contributed by atoms with Gasteiger partial charge in [0.25, 0.3) is 16.0 Å². The molecule has 0 aliphatic heterocycles. The minimum absolute atomic E-state index is 0.0514. The molecule has 0 radical (unpaired) electrons. The number of sulfonamides is 2. The highest BCUT2D eigenvalue weighted by atomic mass is 32.2. The van der Waals surface area contributed by atoms with Gasteiger partial charge in [0.2, 0.25) is 11.8 Å². The number of carboxylic acid groups (broad SMARTS) is 1. The van der Waals surface area contributed by atoms with Gasteiger partial charge in [-0.2, -0.15) is 23.5 Å². The molecule has 1 aromatic carbocycles. The number of hydrogen-bond acceptors (Lipinski definition) is 11. The van der Waals surface area contributed by atoms with Crippen LogP contribution in [-0.2, 0) is 31.8 Å². The lowest BCUT2D eigenvalue weighted by Crippen LogP contribution is -2.51. The molecule has 0 aliphatic rings. The Balaban J connectivity index is 2.20. The monoisotopic (exact) mass is 596 g/mol. The largest absolute Gasteiger partial charge is 0.481 e. The second kappa shape index (κ2) is 11.6. The number of nitrogens with two attached hydrogens (primary N) is 1. The van der Waals surface area contributed by atoms with Crippen LogP contribution < -0.4 is 20.3 Å². The number of guanidine groups is 1. The minimum Gasteiger partial charge on any atom is -0.481 e. The first kappa shape index (κ1) is 29.9. The number of nitrogens with zero attached hydrogens (tertiary/aromatic N) is 6. The zero-order valence-electron chi connectivity index (χ0n) is 21.5. The quantitative estimate of drug-likeness (QED) is 0.119. The van der Waals surface area contributed by atoms with Crippen molar-refractivity contribution in [1.82, 2.24) is 24.6 Å². The molecule has 0 saturated carbocycles. The van der Waals surface area contributed by atoms with E-state index in [2.05, 4.69) is 19.5 Å². The number of benzene rings is 1. The van der Waals surface area contributed by atoms with Crippen LogP contribution in [0.2, 0.25) is 0 Å². The van der Waals surface area contributed by atoms with Crippen molar-refractivity contribution in [2.75, 3.05) is 18.7 Å². The van der Waals surface area contributed by atoms with Crippen LogP contribution >= 0.6 is 0 Å². The number of ether oxygens (including phenoxy) is 2. The smallest absolute Gasteiger partial charge is 0.342 e. The Kier molecular flexibility index (Phi) is 8.71. The standard InChI is InChI=1S/C21H24N8O9S2/c1-5-38-19(32)14-11-23-28(3)17(14)40(35,36)26-20(22)29(21-24-12(2)10-16(25-21)37-4)27-39(33,34)15-9-7-6-8-13(15)18(30)31/h6-11,27H,5H2,1-4H3,(H2,22,26)(H,30,31). The number of carbonyl (C=O) groups is 2. The summed E-state index contributed by atoms with van der Waals surface area (Å²) in [6.07, 6.45) is 0.953. The van der Waals surface area contributed by atoms with Gasteiger partial charge in [0.1, 0.15) is 5.56 Å². The third kappa shape index (κ3) is 6.33. The number of carbonyl (C=O) groups excluding carboxylic acids is 1. The van der Waals surface area contributed by atoms with E-state index in [1.54, 1.807) is 0 Å². The zero-order chi connectivity index (χ0) is 29.8. The zero-order valence-corrected chi connectivity index (χ0v) is 23.1. The van der Waals surface area contributed by atoms with Crippen molar-refractivity contribution < 1.29 is 41.0 Å². The lowest BCUT2D eigenvalue weighted by Gasteiger charge is -2.23. The average molecular weight is 597 g/mol. The van der Waals surface area contributed by atoms with Crippen molar-refractivity contribution in [1.29, 1.82) is 0 Å². The highest BCUT2D eigenvalue weighted by Gasteiger charge is 2.32. The number of hydrogen-bond donors (Lipinski definition) is 3. The number of anilines is 1. The number of nitrogens with one attached hydrogen (secondary N) is 1. The fraction of sp³-hybridized carbons (Fsp3) is 0.238. The molecule has 0 spiro atoms. The molecule has 0 saturated heterocycles. The molecule has 2 heterocycles. The lowest BCUT2D eigenvalue weighted by molar-refractivity contribution is 0.0520. The summed E-state index contributed by atoms with van der Waals surface area (Å²) in [5, 5.41) is 12.9. The molecule has 0 atom stereocenters. The molecule has 0 amide bonds. The number of aromatic carboxylic acids is 1. The van der Waals surface area contributed by atoms with Gasteiger partial charge in [0.05, 0.1) is 30.4 Å². The fourth-order valence-electron chi connectivity index (χ4n) is 3.25. The molecule has 3 rings (SSSR count). The molecular formula is C21H24N8O9S2. The van der Waals surface area contributed by atoms with Crippen molar-refractivity contribution >= 4 is 43.9 Å². The Morgan fingerprint density at radius 1 is 1.18 bits per heavy atom. The first-order valence-electron chi connectivity index (χ1n) is 11.1. The first-order chi connectivity index (χ1) is 18.7. The highest BCUT2D eigenvalue weighted by molar-refractivity contribution is 7.90. The Morgan fingerprint density at radius 3 is 2.48 bits per heavy atom. The summed E-state index contributed by atoms with van der Waals surface area (Å²) in [4.78, 5) is 33.3. The van der Waals surface area contributed by atoms with Gasteiger partial charge in [-0.25, -0.2) is 23.0 Å². The SMILES string of the molecule is CCOC(=O)c1cnn(C)c1S(=O)(=O)N=C(N)N(NS(=O)(=O)c1ccccc1C(=O)O)c1nc(C)cc(OC)n1. The molecule has 0 unspecified atom stereocenters. The summed E-state index contributed by atoms with van der Waals surface area (Å²) < 4.78 is 67.4. The van der Waals surface area contributed by atoms with Crippen LogP contribution in [0.1, 0.15) is 33.3 Å². The molecular weight excluding hydrogens is 572 g/mol. The average Bonchev–Trinajstić information content (AvgIpc) is 3.29. The second-order valence-electron chi connectivity index (χ2n) is 7.72. The second-order valence-corrected chi connectivity index (χ2v) is 10.9. The summed E-state index contributed by atoms with van der Waals surface area (Å²) >= 11 is 0. The number of carboxylic acids is 1. The van der Waals surface area contributed by atoms with E-state index in [9.17, 15) is 31.5 Å². The van der Waals surface area contributed by atoms with E-state index in [1.807, 2.05) is 4.83 Å². The Labute approximate surface area is 228 Å². The highest BCUT2D eigenvalue weighted by Crippen LogP contribution is 2.21. The van der Waals surface area contributed by atoms with Crippen LogP contribution in [0.25, 0.3) is 0 Å². The van der Waals surface area contributed by atoms with Gasteiger partial charge in [-0.1, -0.05) is 12.1 Å². The minimum atomic E-state index is -4.86. The van der Waals surface area contributed by atoms with Crippen LogP contribution in [0.4, 0.5) is 5.95 Å². The summed E-state index contributed by atoms with van der Waals surface area (Å²) in [6.45, 7) is 2.96. The van der Waals surface area contributed by atoms with Crippen LogP contribution in [0.15, 0.2) is 50.8 Å². The molecule has 3 aromatic rings. The Hall–Kier alpha value is -4.62. The maximum absolute atomic E-state index is 13.3. The lowest BCUT2D eigenvalue weighted by atomic mass is 10.2. The maximum Gasteiger partial charge on any atom is 0.342 e. The van der Waals surface area contributed by atoms with Gasteiger partial charge in [-0.3, -0.25) is 4.68 Å². The van der Waals surface area contributed by atoms with Crippen molar-refractivity contribution in [3.8, 4) is 5.88 Å². The van der Waals surface area contributed by atoms with Crippen LogP contribution in [-0.4, -0.2) is 73.3 Å². The van der Waals surface area contributed by atoms with E-state index in [4.69, 9.17) is 15.2 Å². The van der Waals surface area contributed by atoms with Gasteiger partial charge in [-0.15, -0.1) is 9.23 Å². The summed E-state index contributed by atoms with van der Waals surface area (Å²) in [7, 11) is -7.15. The number of hydrazine groups is 1. The van der Waals surface area contributed by atoms with E-state index in [1.165, 1.54) is 46.2 Å². The van der Waals surface area contributed by atoms with Crippen LogP contribution in [0.5, 0.6) is 5.88 Å². The molecule has 214 valence electrons. The predicted octanol–water partition coefficient (Wildman–Crippen LogP) is -0.194. The molecule has 2 aromatic heterocycles. The fourth-order valence-corrected chi connectivity index (χ4v) is 5.68. The Bertz CT molecular complexity index is 1700. The topological polar surface area (TPSA) is 238 Å². The van der Waals surface area contributed by atoms with Crippen LogP contribution in [0.3, 0.4) is 0 Å². The van der Waals surface area contributed by atoms with E-state index in [0.717, 1.165) is 23.0 Å². The van der Waals surface area contributed by atoms with Crippen LogP contribution in [0, 0.1) is 6.92 Å². The Morgan fingerprint density at radius 2 is 1.85 bits per heavy atom. The summed E-state index contributed by atoms with van der Waals surface area (Å²) in [6, 6.07) is 6.04. The van der Waals surface area contributed by atoms with Crippen molar-refractivity contribution in [2.45, 2.75) is 23.8 Å². The number of methoxy groups -OCH3 is 1. The number of aromatic nitrogens is 4. The van der Waals surface area contributed by atoms with E-state index < -0.39 is 64.9 Å². The third-order valence-corrected chi connectivity index (χ3v) is 7.67. The van der Waals surface area contributed by atoms with Crippen molar-refractivity contribution in [3.63, 3.8) is 0 Å². The van der Waals surface area contributed by atoms with E-state index in [0.29, 0.717) is 5.01 Å². The molecule has 4 N–H and O–H groups in total. The van der Waals surface area contributed by atoms with Gasteiger partial charge in [0, 0.05) is 18.8 Å². The maximum atomic E-state index is 13.3. The van der Waals surface area contributed by atoms with Crippen molar-refractivity contribution in [3.05, 3.63) is 53.3 Å². The normalized spacial score (nSPS) is 12.2. The molecule has 17 nitrogen and oxygen atoms in total. The van der Waals surface area contributed by atoms with E-state index >= 15 is 0 Å². The molecule has 0 aliphatic carbocycles. The van der Waals surface area contributed by atoms with Gasteiger partial charge in [-0.05, 0) is 26.0 Å². The van der Waals surface area contributed by atoms with Gasteiger partial charge < -0.3 is 20.3 Å².